The number of hydrogen-bond acceptors (Lipinski definition) is 6. The first-order chi connectivity index (χ1) is 12.4. The molecule has 0 aromatic heterocycles. The molecule has 1 aliphatic rings. The molecule has 2 rings (SSSR count). The molecule has 0 spiro atoms. The third-order valence-corrected chi connectivity index (χ3v) is 4.49. The lowest BCUT2D eigenvalue weighted by atomic mass is 9.79. The van der Waals surface area contributed by atoms with Gasteiger partial charge in [-0.2, -0.15) is 0 Å². The number of carbonyl (C=O) groups excluding carboxylic acids is 1. The van der Waals surface area contributed by atoms with E-state index in [1.165, 1.54) is 0 Å². The number of nitrogens with one attached hydrogen (secondary N) is 1. The van der Waals surface area contributed by atoms with Gasteiger partial charge in [0.2, 0.25) is 0 Å². The molecule has 2 N–H and O–H groups in total. The summed E-state index contributed by atoms with van der Waals surface area (Å²) in [4.78, 5) is 8.00. The maximum Gasteiger partial charge on any atom is 0.494 e. The van der Waals surface area contributed by atoms with Crippen molar-refractivity contribution >= 4 is 19.4 Å². The Morgan fingerprint density at radius 3 is 2.04 bits per heavy atom. The fraction of sp³-hybridized carbons (Fsp3) is 0.650. The van der Waals surface area contributed by atoms with Gasteiger partial charge in [0.25, 0.3) is 0 Å². The summed E-state index contributed by atoms with van der Waals surface area (Å²) in [5, 5.41) is 11.9. The van der Waals surface area contributed by atoms with Crippen molar-refractivity contribution in [3.8, 4) is 5.75 Å². The Kier molecular flexibility index (Phi) is 10.2. The third kappa shape index (κ3) is 8.43. The van der Waals surface area contributed by atoms with E-state index in [2.05, 4.69) is 26.1 Å². The minimum Gasteiger partial charge on any atom is -0.491 e. The lowest BCUT2D eigenvalue weighted by Gasteiger charge is -2.32. The van der Waals surface area contributed by atoms with Crippen molar-refractivity contribution in [1.29, 1.82) is 0 Å². The summed E-state index contributed by atoms with van der Waals surface area (Å²) < 4.78 is 17.4. The van der Waals surface area contributed by atoms with Gasteiger partial charge in [0.05, 0.1) is 17.8 Å². The van der Waals surface area contributed by atoms with Crippen LogP contribution in [0.1, 0.15) is 48.5 Å². The van der Waals surface area contributed by atoms with Gasteiger partial charge < -0.3 is 29.3 Å². The molecular formula is C20H36BNO5. The van der Waals surface area contributed by atoms with Gasteiger partial charge in [0, 0.05) is 5.54 Å². The predicted octanol–water partition coefficient (Wildman–Crippen LogP) is 2.18. The molecule has 0 aliphatic carbocycles. The molecule has 1 heterocycles. The molecule has 1 aromatic rings. The van der Waals surface area contributed by atoms with E-state index < -0.39 is 0 Å². The quantitative estimate of drug-likeness (QED) is 0.779. The monoisotopic (exact) mass is 381 g/mol. The maximum absolute atomic E-state index is 8.77. The summed E-state index contributed by atoms with van der Waals surface area (Å²) in [6, 6.07) is 7.59. The van der Waals surface area contributed by atoms with Crippen LogP contribution in [0.5, 0.6) is 5.75 Å². The largest absolute Gasteiger partial charge is 0.494 e. The lowest BCUT2D eigenvalue weighted by Crippen LogP contribution is -2.41. The van der Waals surface area contributed by atoms with Gasteiger partial charge in [-0.15, -0.1) is 0 Å². The fourth-order valence-electron chi connectivity index (χ4n) is 1.89. The Labute approximate surface area is 164 Å². The molecule has 154 valence electrons. The number of aliphatic hydroxyl groups excluding tert-OH is 1. The molecule has 6 nitrogen and oxygen atoms in total. The number of carbonyl (C=O) groups is 1. The molecule has 1 aromatic carbocycles. The number of ether oxygens (including phenoxy) is 1. The molecule has 0 saturated carbocycles. The van der Waals surface area contributed by atoms with Crippen molar-refractivity contribution < 1.29 is 23.9 Å². The molecule has 0 amide bonds. The van der Waals surface area contributed by atoms with Crippen molar-refractivity contribution in [2.45, 2.75) is 65.2 Å². The summed E-state index contributed by atoms with van der Waals surface area (Å²) in [5.41, 5.74) is 0.522. The van der Waals surface area contributed by atoms with Crippen LogP contribution in [-0.2, 0) is 14.1 Å². The normalized spacial score (nSPS) is 17.3. The predicted molar refractivity (Wildman–Crippen MR) is 111 cm³/mol. The highest BCUT2D eigenvalue weighted by atomic mass is 16.7. The van der Waals surface area contributed by atoms with Crippen LogP contribution in [0.2, 0.25) is 0 Å². The second-order valence-electron chi connectivity index (χ2n) is 8.23. The van der Waals surface area contributed by atoms with Gasteiger partial charge in [-0.05, 0) is 73.1 Å². The van der Waals surface area contributed by atoms with Crippen LogP contribution in [0.4, 0.5) is 0 Å². The first kappa shape index (κ1) is 25.6. The topological polar surface area (TPSA) is 77.0 Å². The number of benzene rings is 1. The Morgan fingerprint density at radius 2 is 1.63 bits per heavy atom. The Bertz CT molecular complexity index is 542. The molecule has 0 radical (unpaired) electrons. The first-order valence-corrected chi connectivity index (χ1v) is 9.09. The van der Waals surface area contributed by atoms with Gasteiger partial charge in [0.1, 0.15) is 19.1 Å². The molecule has 0 atom stereocenters. The smallest absolute Gasteiger partial charge is 0.491 e. The molecule has 0 unspecified atom stereocenters. The second-order valence-corrected chi connectivity index (χ2v) is 8.23. The van der Waals surface area contributed by atoms with Crippen LogP contribution in [0.25, 0.3) is 0 Å². The Balaban J connectivity index is 0.000000722. The Hall–Kier alpha value is -1.41. The molecule has 0 bridgehead atoms. The van der Waals surface area contributed by atoms with Gasteiger partial charge in [-0.3, -0.25) is 0 Å². The summed E-state index contributed by atoms with van der Waals surface area (Å²) in [6.45, 7) is 16.8. The van der Waals surface area contributed by atoms with Crippen molar-refractivity contribution in [1.82, 2.24) is 5.32 Å². The highest BCUT2D eigenvalue weighted by Crippen LogP contribution is 2.36. The van der Waals surface area contributed by atoms with E-state index in [9.17, 15) is 0 Å². The summed E-state index contributed by atoms with van der Waals surface area (Å²) in [7, 11) is 1.57. The van der Waals surface area contributed by atoms with Gasteiger partial charge in [0.15, 0.2) is 0 Å². The highest BCUT2D eigenvalue weighted by molar-refractivity contribution is 6.62. The van der Waals surface area contributed by atoms with Crippen molar-refractivity contribution in [3.05, 3.63) is 24.3 Å². The summed E-state index contributed by atoms with van der Waals surface area (Å²) >= 11 is 0. The highest BCUT2D eigenvalue weighted by Gasteiger charge is 2.51. The average Bonchev–Trinajstić information content (AvgIpc) is 2.83. The molecule has 7 heteroatoms. The molecule has 1 aliphatic heterocycles. The lowest BCUT2D eigenvalue weighted by molar-refractivity contribution is -0.0980. The van der Waals surface area contributed by atoms with Gasteiger partial charge >= 0.3 is 7.12 Å². The first-order valence-electron chi connectivity index (χ1n) is 9.09. The standard InChI is InChI=1S/C14H21BO4.C5H13N.CH2O/c1-13(2)14(3,4)19-15(18-13)11-6-5-7-12(10-11)17-9-8-16;1-5(2,3)6-4;1-2/h5-7,10,16H,8-9H2,1-4H3;6H,1-4H3;1H2. The van der Waals surface area contributed by atoms with Crippen molar-refractivity contribution in [3.63, 3.8) is 0 Å². The van der Waals surface area contributed by atoms with Gasteiger partial charge in [-0.25, -0.2) is 0 Å². The van der Waals surface area contributed by atoms with E-state index in [-0.39, 0.29) is 31.5 Å². The molecule has 27 heavy (non-hydrogen) atoms. The van der Waals surface area contributed by atoms with Crippen LogP contribution < -0.4 is 15.5 Å². The van der Waals surface area contributed by atoms with E-state index in [4.69, 9.17) is 23.9 Å². The molecule has 1 saturated heterocycles. The summed E-state index contributed by atoms with van der Waals surface area (Å²) in [6.07, 6.45) is 0. The average molecular weight is 381 g/mol. The SMILES string of the molecule is C=O.CC1(C)OB(c2cccc(OCCO)c2)OC1(C)C.CNC(C)(C)C. The minimum absolute atomic E-state index is 0.000713. The zero-order valence-corrected chi connectivity index (χ0v) is 18.1. The van der Waals surface area contributed by atoms with Crippen LogP contribution in [0, 0.1) is 0 Å². The minimum atomic E-state index is -0.386. The van der Waals surface area contributed by atoms with Crippen molar-refractivity contribution in [2.75, 3.05) is 20.3 Å². The van der Waals surface area contributed by atoms with Crippen LogP contribution in [-0.4, -0.2) is 56.0 Å². The van der Waals surface area contributed by atoms with Gasteiger partial charge in [-0.1, -0.05) is 12.1 Å². The third-order valence-electron chi connectivity index (χ3n) is 4.49. The molecule has 1 fully saturated rings. The van der Waals surface area contributed by atoms with Crippen molar-refractivity contribution in [2.24, 2.45) is 0 Å². The van der Waals surface area contributed by atoms with Crippen LogP contribution in [0.3, 0.4) is 0 Å². The Morgan fingerprint density at radius 1 is 1.15 bits per heavy atom. The maximum atomic E-state index is 8.77. The second kappa shape index (κ2) is 10.8. The van der Waals surface area contributed by atoms with E-state index in [1.54, 1.807) is 0 Å². The fourth-order valence-corrected chi connectivity index (χ4v) is 1.89. The van der Waals surface area contributed by atoms with Crippen LogP contribution in [0.15, 0.2) is 24.3 Å². The molecular weight excluding hydrogens is 345 g/mol. The van der Waals surface area contributed by atoms with E-state index in [1.807, 2.05) is 65.8 Å². The zero-order valence-electron chi connectivity index (χ0n) is 18.1. The number of aliphatic hydroxyl groups is 1. The van der Waals surface area contributed by atoms with E-state index >= 15 is 0 Å². The van der Waals surface area contributed by atoms with E-state index in [0.717, 1.165) is 5.46 Å². The van der Waals surface area contributed by atoms with E-state index in [0.29, 0.717) is 11.3 Å². The number of rotatable bonds is 4. The summed E-state index contributed by atoms with van der Waals surface area (Å²) in [5.74, 6) is 0.710. The zero-order chi connectivity index (χ0) is 21.3. The van der Waals surface area contributed by atoms with Crippen LogP contribution >= 0.6 is 0 Å². The number of hydrogen-bond donors (Lipinski definition) is 2.